The van der Waals surface area contributed by atoms with Gasteiger partial charge in [-0.25, -0.2) is 8.42 Å². The minimum absolute atomic E-state index is 0.470. The molecule has 0 spiro atoms. The van der Waals surface area contributed by atoms with Gasteiger partial charge in [-0.3, -0.25) is 4.90 Å². The molecule has 118 valence electrons. The summed E-state index contributed by atoms with van der Waals surface area (Å²) < 4.78 is 29.6. The Hall–Kier alpha value is -1.15. The predicted molar refractivity (Wildman–Crippen MR) is 80.8 cm³/mol. The summed E-state index contributed by atoms with van der Waals surface area (Å²) in [6.45, 7) is 2.66. The normalized spacial score (nSPS) is 19.4. The van der Waals surface area contributed by atoms with Crippen LogP contribution in [0, 0.1) is 0 Å². The summed E-state index contributed by atoms with van der Waals surface area (Å²) in [6, 6.07) is 7.39. The molecule has 1 atom stereocenters. The van der Waals surface area contributed by atoms with Crippen molar-refractivity contribution in [3.05, 3.63) is 29.8 Å². The average Bonchev–Trinajstić information content (AvgIpc) is 2.46. The zero-order valence-corrected chi connectivity index (χ0v) is 13.2. The van der Waals surface area contributed by atoms with Crippen molar-refractivity contribution >= 4 is 10.0 Å². The van der Waals surface area contributed by atoms with Crippen molar-refractivity contribution in [3.63, 3.8) is 0 Å². The van der Waals surface area contributed by atoms with Crippen molar-refractivity contribution in [2.45, 2.75) is 6.10 Å². The number of sulfonamides is 1. The molecule has 1 fully saturated rings. The summed E-state index contributed by atoms with van der Waals surface area (Å²) in [7, 11) is -1.54. The quantitative estimate of drug-likeness (QED) is 0.847. The highest BCUT2D eigenvalue weighted by molar-refractivity contribution is 7.88. The second kappa shape index (κ2) is 6.74. The van der Waals surface area contributed by atoms with Crippen LogP contribution in [-0.2, 0) is 10.0 Å². The van der Waals surface area contributed by atoms with Crippen molar-refractivity contribution in [1.82, 2.24) is 9.21 Å². The minimum atomic E-state index is -3.12. The van der Waals surface area contributed by atoms with Gasteiger partial charge in [0, 0.05) is 38.3 Å². The average molecular weight is 314 g/mol. The molecule has 2 rings (SSSR count). The molecule has 0 bridgehead atoms. The van der Waals surface area contributed by atoms with Crippen molar-refractivity contribution < 1.29 is 18.3 Å². The molecule has 0 radical (unpaired) electrons. The number of methoxy groups -OCH3 is 1. The molecule has 1 aliphatic rings. The van der Waals surface area contributed by atoms with Gasteiger partial charge in [0.25, 0.3) is 0 Å². The summed E-state index contributed by atoms with van der Waals surface area (Å²) in [5.74, 6) is 0.666. The van der Waals surface area contributed by atoms with Crippen LogP contribution in [0.3, 0.4) is 0 Å². The lowest BCUT2D eigenvalue weighted by atomic mass is 10.1. The highest BCUT2D eigenvalue weighted by Gasteiger charge is 2.25. The third-order valence-electron chi connectivity index (χ3n) is 3.73. The second-order valence-electron chi connectivity index (χ2n) is 5.22. The van der Waals surface area contributed by atoms with Gasteiger partial charge < -0.3 is 9.84 Å². The van der Waals surface area contributed by atoms with Crippen molar-refractivity contribution in [2.24, 2.45) is 0 Å². The van der Waals surface area contributed by atoms with Crippen LogP contribution in [0.1, 0.15) is 11.7 Å². The van der Waals surface area contributed by atoms with E-state index in [2.05, 4.69) is 4.90 Å². The van der Waals surface area contributed by atoms with E-state index in [4.69, 9.17) is 4.74 Å². The Balaban J connectivity index is 1.94. The highest BCUT2D eigenvalue weighted by atomic mass is 32.2. The molecule has 1 heterocycles. The maximum atomic E-state index is 11.5. The van der Waals surface area contributed by atoms with E-state index in [9.17, 15) is 13.5 Å². The standard InChI is InChI=1S/C14H22N2O4S/c1-20-14-6-4-3-5-12(14)13(17)11-15-7-9-16(10-8-15)21(2,18)19/h3-6,13,17H,7-11H2,1-2H3. The van der Waals surface area contributed by atoms with Gasteiger partial charge in [-0.2, -0.15) is 4.31 Å². The van der Waals surface area contributed by atoms with Crippen LogP contribution in [-0.4, -0.2) is 68.8 Å². The molecule has 1 aliphatic heterocycles. The molecule has 1 aromatic carbocycles. The van der Waals surface area contributed by atoms with Crippen molar-refractivity contribution in [3.8, 4) is 5.75 Å². The summed E-state index contributed by atoms with van der Waals surface area (Å²) in [5, 5.41) is 10.4. The summed E-state index contributed by atoms with van der Waals surface area (Å²) in [4.78, 5) is 2.07. The Morgan fingerprint density at radius 1 is 1.24 bits per heavy atom. The number of ether oxygens (including phenoxy) is 1. The van der Waals surface area contributed by atoms with E-state index in [0.29, 0.717) is 38.5 Å². The number of aliphatic hydroxyl groups is 1. The van der Waals surface area contributed by atoms with E-state index in [1.807, 2.05) is 24.3 Å². The number of aliphatic hydroxyl groups excluding tert-OH is 1. The van der Waals surface area contributed by atoms with Gasteiger partial charge in [-0.1, -0.05) is 18.2 Å². The van der Waals surface area contributed by atoms with E-state index < -0.39 is 16.1 Å². The Bertz CT molecular complexity index is 568. The van der Waals surface area contributed by atoms with Crippen LogP contribution in [0.4, 0.5) is 0 Å². The first kappa shape index (κ1) is 16.2. The summed E-state index contributed by atoms with van der Waals surface area (Å²) in [5.41, 5.74) is 0.755. The highest BCUT2D eigenvalue weighted by Crippen LogP contribution is 2.25. The second-order valence-corrected chi connectivity index (χ2v) is 7.20. The largest absolute Gasteiger partial charge is 0.496 e. The number of para-hydroxylation sites is 1. The van der Waals surface area contributed by atoms with E-state index in [0.717, 1.165) is 5.56 Å². The molecule has 1 saturated heterocycles. The SMILES string of the molecule is COc1ccccc1C(O)CN1CCN(S(C)(=O)=O)CC1. The first-order valence-electron chi connectivity index (χ1n) is 6.90. The van der Waals surface area contributed by atoms with Gasteiger partial charge in [0.1, 0.15) is 5.75 Å². The molecular formula is C14H22N2O4S. The molecule has 6 nitrogen and oxygen atoms in total. The van der Waals surface area contributed by atoms with Crippen LogP contribution in [0.2, 0.25) is 0 Å². The van der Waals surface area contributed by atoms with Crippen molar-refractivity contribution in [2.75, 3.05) is 46.1 Å². The number of nitrogens with zero attached hydrogens (tertiary/aromatic N) is 2. The fourth-order valence-corrected chi connectivity index (χ4v) is 3.35. The van der Waals surface area contributed by atoms with E-state index in [1.54, 1.807) is 7.11 Å². The van der Waals surface area contributed by atoms with Crippen LogP contribution >= 0.6 is 0 Å². The first-order valence-corrected chi connectivity index (χ1v) is 8.75. The van der Waals surface area contributed by atoms with Gasteiger partial charge >= 0.3 is 0 Å². The van der Waals surface area contributed by atoms with Gasteiger partial charge in [0.05, 0.1) is 19.5 Å². The fourth-order valence-electron chi connectivity index (χ4n) is 2.53. The third kappa shape index (κ3) is 4.16. The fraction of sp³-hybridized carbons (Fsp3) is 0.571. The van der Waals surface area contributed by atoms with Gasteiger partial charge in [0.2, 0.25) is 10.0 Å². The predicted octanol–water partition coefficient (Wildman–Crippen LogP) is 0.306. The Kier molecular flexibility index (Phi) is 5.21. The first-order chi connectivity index (χ1) is 9.91. The molecule has 0 amide bonds. The van der Waals surface area contributed by atoms with E-state index >= 15 is 0 Å². The maximum Gasteiger partial charge on any atom is 0.211 e. The zero-order chi connectivity index (χ0) is 15.5. The van der Waals surface area contributed by atoms with Crippen LogP contribution in [0.5, 0.6) is 5.75 Å². The minimum Gasteiger partial charge on any atom is -0.496 e. The summed E-state index contributed by atoms with van der Waals surface area (Å²) >= 11 is 0. The van der Waals surface area contributed by atoms with Gasteiger partial charge in [-0.05, 0) is 6.07 Å². The number of piperazine rings is 1. The maximum absolute atomic E-state index is 11.5. The lowest BCUT2D eigenvalue weighted by molar-refractivity contribution is 0.0905. The number of rotatable bonds is 5. The Labute approximate surface area is 126 Å². The van der Waals surface area contributed by atoms with Crippen molar-refractivity contribution in [1.29, 1.82) is 0 Å². The lowest BCUT2D eigenvalue weighted by Gasteiger charge is -2.34. The Morgan fingerprint density at radius 3 is 2.43 bits per heavy atom. The molecule has 21 heavy (non-hydrogen) atoms. The van der Waals surface area contributed by atoms with Gasteiger partial charge in [0.15, 0.2) is 0 Å². The van der Waals surface area contributed by atoms with E-state index in [1.165, 1.54) is 10.6 Å². The Morgan fingerprint density at radius 2 is 1.86 bits per heavy atom. The monoisotopic (exact) mass is 314 g/mol. The number of β-amino-alcohol motifs (C(OH)–C–C–N with tert-alkyl or cyclic N) is 1. The number of hydrogen-bond acceptors (Lipinski definition) is 5. The molecule has 0 aromatic heterocycles. The topological polar surface area (TPSA) is 70.1 Å². The molecule has 7 heteroatoms. The zero-order valence-electron chi connectivity index (χ0n) is 12.4. The lowest BCUT2D eigenvalue weighted by Crippen LogP contribution is -2.49. The molecule has 0 saturated carbocycles. The molecule has 0 aliphatic carbocycles. The number of benzene rings is 1. The smallest absolute Gasteiger partial charge is 0.211 e. The summed E-state index contributed by atoms with van der Waals surface area (Å²) in [6.07, 6.45) is 0.581. The van der Waals surface area contributed by atoms with Crippen LogP contribution in [0.15, 0.2) is 24.3 Å². The molecule has 1 aromatic rings. The van der Waals surface area contributed by atoms with Crippen LogP contribution in [0.25, 0.3) is 0 Å². The molecule has 1 unspecified atom stereocenters. The molecular weight excluding hydrogens is 292 g/mol. The van der Waals surface area contributed by atoms with Gasteiger partial charge in [-0.15, -0.1) is 0 Å². The third-order valence-corrected chi connectivity index (χ3v) is 5.03. The number of hydrogen-bond donors (Lipinski definition) is 1. The molecule has 1 N–H and O–H groups in total. The van der Waals surface area contributed by atoms with E-state index in [-0.39, 0.29) is 0 Å². The van der Waals surface area contributed by atoms with Crippen LogP contribution < -0.4 is 4.74 Å².